The molecule has 0 aliphatic heterocycles. The molecule has 0 radical (unpaired) electrons. The number of rotatable bonds is 6. The van der Waals surface area contributed by atoms with Crippen LogP contribution >= 0.6 is 11.6 Å². The smallest absolute Gasteiger partial charge is 0.257 e. The first-order valence-corrected chi connectivity index (χ1v) is 8.61. The average molecular weight is 368 g/mol. The van der Waals surface area contributed by atoms with Crippen molar-refractivity contribution in [2.24, 2.45) is 0 Å². The molecule has 0 saturated carbocycles. The molecule has 3 aromatic rings. The van der Waals surface area contributed by atoms with Crippen molar-refractivity contribution in [2.75, 3.05) is 11.9 Å². The molecule has 1 N–H and O–H groups in total. The lowest BCUT2D eigenvalue weighted by Gasteiger charge is -2.13. The summed E-state index contributed by atoms with van der Waals surface area (Å²) in [5.74, 6) is 1.67. The molecule has 5 heteroatoms. The quantitative estimate of drug-likeness (QED) is 0.600. The largest absolute Gasteiger partial charge is 0.494 e. The van der Waals surface area contributed by atoms with Crippen molar-refractivity contribution in [3.63, 3.8) is 0 Å². The molecule has 0 aromatic heterocycles. The van der Waals surface area contributed by atoms with Crippen LogP contribution in [0.1, 0.15) is 17.3 Å². The van der Waals surface area contributed by atoms with Crippen LogP contribution in [0.2, 0.25) is 5.02 Å². The molecule has 3 rings (SSSR count). The molecule has 1 amide bonds. The molecule has 0 heterocycles. The Morgan fingerprint density at radius 2 is 1.58 bits per heavy atom. The van der Waals surface area contributed by atoms with Gasteiger partial charge in [-0.3, -0.25) is 4.79 Å². The minimum Gasteiger partial charge on any atom is -0.494 e. The van der Waals surface area contributed by atoms with Crippen LogP contribution in [0.4, 0.5) is 5.69 Å². The van der Waals surface area contributed by atoms with E-state index in [0.717, 1.165) is 5.75 Å². The standard InChI is InChI=1S/C21H18ClNO3/c1-2-25-15-11-13-16(14-12-15)26-20-10-6-5-9-19(20)23-21(24)17-7-3-4-8-18(17)22/h3-14H,2H2,1H3,(H,23,24). The highest BCUT2D eigenvalue weighted by atomic mass is 35.5. The number of halogens is 1. The predicted octanol–water partition coefficient (Wildman–Crippen LogP) is 5.78. The van der Waals surface area contributed by atoms with Crippen molar-refractivity contribution in [2.45, 2.75) is 6.92 Å². The van der Waals surface area contributed by atoms with Gasteiger partial charge in [0.15, 0.2) is 5.75 Å². The van der Waals surface area contributed by atoms with Gasteiger partial charge in [-0.15, -0.1) is 0 Å². The lowest BCUT2D eigenvalue weighted by Crippen LogP contribution is -2.13. The summed E-state index contributed by atoms with van der Waals surface area (Å²) < 4.78 is 11.3. The molecule has 3 aromatic carbocycles. The van der Waals surface area contributed by atoms with Gasteiger partial charge in [-0.2, -0.15) is 0 Å². The molecule has 0 aliphatic rings. The summed E-state index contributed by atoms with van der Waals surface area (Å²) in [6, 6.07) is 21.4. The first-order chi connectivity index (χ1) is 12.7. The maximum atomic E-state index is 12.5. The number of carbonyl (C=O) groups excluding carboxylic acids is 1. The molecule has 132 valence electrons. The van der Waals surface area contributed by atoms with Gasteiger partial charge in [-0.1, -0.05) is 35.9 Å². The number of anilines is 1. The Bertz CT molecular complexity index is 894. The number of hydrogen-bond acceptors (Lipinski definition) is 3. The zero-order chi connectivity index (χ0) is 18.4. The maximum Gasteiger partial charge on any atom is 0.257 e. The third-order valence-corrected chi connectivity index (χ3v) is 3.95. The van der Waals surface area contributed by atoms with E-state index < -0.39 is 0 Å². The van der Waals surface area contributed by atoms with Gasteiger partial charge in [-0.25, -0.2) is 0 Å². The second kappa shape index (κ2) is 8.41. The first-order valence-electron chi connectivity index (χ1n) is 8.23. The summed E-state index contributed by atoms with van der Waals surface area (Å²) in [5, 5.41) is 3.24. The van der Waals surface area contributed by atoms with Crippen molar-refractivity contribution < 1.29 is 14.3 Å². The third kappa shape index (κ3) is 4.35. The minimum atomic E-state index is -0.293. The Balaban J connectivity index is 1.78. The summed E-state index contributed by atoms with van der Waals surface area (Å²) in [6.45, 7) is 2.54. The summed E-state index contributed by atoms with van der Waals surface area (Å²) >= 11 is 6.09. The summed E-state index contributed by atoms with van der Waals surface area (Å²) in [5.41, 5.74) is 0.969. The number of carbonyl (C=O) groups is 1. The maximum absolute atomic E-state index is 12.5. The Hall–Kier alpha value is -2.98. The highest BCUT2D eigenvalue weighted by Crippen LogP contribution is 2.31. The predicted molar refractivity (Wildman–Crippen MR) is 104 cm³/mol. The summed E-state index contributed by atoms with van der Waals surface area (Å²) in [4.78, 5) is 12.5. The number of hydrogen-bond donors (Lipinski definition) is 1. The molecule has 0 aliphatic carbocycles. The molecule has 0 saturated heterocycles. The van der Waals surface area contributed by atoms with Gasteiger partial charge >= 0.3 is 0 Å². The van der Waals surface area contributed by atoms with Crippen LogP contribution in [0.3, 0.4) is 0 Å². The van der Waals surface area contributed by atoms with Gasteiger partial charge < -0.3 is 14.8 Å². The molecular weight excluding hydrogens is 350 g/mol. The van der Waals surface area contributed by atoms with Crippen molar-refractivity contribution in [3.05, 3.63) is 83.4 Å². The van der Waals surface area contributed by atoms with Crippen LogP contribution in [0.5, 0.6) is 17.2 Å². The first kappa shape index (κ1) is 17.8. The number of benzene rings is 3. The lowest BCUT2D eigenvalue weighted by atomic mass is 10.2. The van der Waals surface area contributed by atoms with E-state index in [9.17, 15) is 4.79 Å². The van der Waals surface area contributed by atoms with Crippen molar-refractivity contribution in [3.8, 4) is 17.2 Å². The highest BCUT2D eigenvalue weighted by molar-refractivity contribution is 6.34. The number of amides is 1. The van der Waals surface area contributed by atoms with Crippen LogP contribution < -0.4 is 14.8 Å². The zero-order valence-electron chi connectivity index (χ0n) is 14.2. The molecule has 0 bridgehead atoms. The Labute approximate surface area is 157 Å². The molecule has 4 nitrogen and oxygen atoms in total. The monoisotopic (exact) mass is 367 g/mol. The van der Waals surface area contributed by atoms with Gasteiger partial charge in [0.2, 0.25) is 0 Å². The Morgan fingerprint density at radius 3 is 2.31 bits per heavy atom. The number of para-hydroxylation sites is 2. The molecule has 0 unspecified atom stereocenters. The van der Waals surface area contributed by atoms with Crippen LogP contribution in [-0.4, -0.2) is 12.5 Å². The fourth-order valence-corrected chi connectivity index (χ4v) is 2.61. The average Bonchev–Trinajstić information content (AvgIpc) is 2.65. The van der Waals surface area contributed by atoms with Crippen LogP contribution in [0.15, 0.2) is 72.8 Å². The fraction of sp³-hybridized carbons (Fsp3) is 0.0952. The van der Waals surface area contributed by atoms with Crippen LogP contribution in [0, 0.1) is 0 Å². The fourth-order valence-electron chi connectivity index (χ4n) is 2.39. The Morgan fingerprint density at radius 1 is 0.923 bits per heavy atom. The van der Waals surface area contributed by atoms with Gasteiger partial charge in [0.05, 0.1) is 22.9 Å². The van der Waals surface area contributed by atoms with E-state index in [2.05, 4.69) is 5.32 Å². The SMILES string of the molecule is CCOc1ccc(Oc2ccccc2NC(=O)c2ccccc2Cl)cc1. The van der Waals surface area contributed by atoms with Gasteiger partial charge in [-0.05, 0) is 55.5 Å². The second-order valence-corrected chi connectivity index (χ2v) is 5.84. The van der Waals surface area contributed by atoms with Crippen molar-refractivity contribution in [1.82, 2.24) is 0 Å². The summed E-state index contributed by atoms with van der Waals surface area (Å²) in [6.07, 6.45) is 0. The van der Waals surface area contributed by atoms with Gasteiger partial charge in [0.25, 0.3) is 5.91 Å². The van der Waals surface area contributed by atoms with Crippen LogP contribution in [-0.2, 0) is 0 Å². The van der Waals surface area contributed by atoms with Gasteiger partial charge in [0.1, 0.15) is 11.5 Å². The van der Waals surface area contributed by atoms with E-state index in [0.29, 0.717) is 34.4 Å². The molecule has 0 spiro atoms. The second-order valence-electron chi connectivity index (χ2n) is 5.44. The van der Waals surface area contributed by atoms with Crippen molar-refractivity contribution >= 4 is 23.2 Å². The third-order valence-electron chi connectivity index (χ3n) is 3.62. The number of nitrogens with one attached hydrogen (secondary N) is 1. The zero-order valence-corrected chi connectivity index (χ0v) is 15.0. The molecular formula is C21H18ClNO3. The van der Waals surface area contributed by atoms with Gasteiger partial charge in [0, 0.05) is 0 Å². The summed E-state index contributed by atoms with van der Waals surface area (Å²) in [7, 11) is 0. The van der Waals surface area contributed by atoms with E-state index in [1.807, 2.05) is 43.3 Å². The topological polar surface area (TPSA) is 47.6 Å². The van der Waals surface area contributed by atoms with Crippen LogP contribution in [0.25, 0.3) is 0 Å². The highest BCUT2D eigenvalue weighted by Gasteiger charge is 2.13. The van der Waals surface area contributed by atoms with E-state index in [1.54, 1.807) is 36.4 Å². The van der Waals surface area contributed by atoms with Crippen molar-refractivity contribution in [1.29, 1.82) is 0 Å². The molecule has 0 atom stereocenters. The van der Waals surface area contributed by atoms with E-state index >= 15 is 0 Å². The molecule has 26 heavy (non-hydrogen) atoms. The Kier molecular flexibility index (Phi) is 5.77. The minimum absolute atomic E-state index is 0.293. The lowest BCUT2D eigenvalue weighted by molar-refractivity contribution is 0.102. The van der Waals surface area contributed by atoms with E-state index in [4.69, 9.17) is 21.1 Å². The van der Waals surface area contributed by atoms with E-state index in [1.165, 1.54) is 0 Å². The molecule has 0 fully saturated rings. The number of ether oxygens (including phenoxy) is 2. The van der Waals surface area contributed by atoms with E-state index in [-0.39, 0.29) is 5.91 Å². The normalized spacial score (nSPS) is 10.2.